The Balaban J connectivity index is 1.51. The van der Waals surface area contributed by atoms with E-state index >= 15 is 0 Å². The van der Waals surface area contributed by atoms with E-state index in [1.54, 1.807) is 18.2 Å². The third-order valence-electron chi connectivity index (χ3n) is 4.11. The molecule has 25 heavy (non-hydrogen) atoms. The molecule has 1 saturated heterocycles. The monoisotopic (exact) mass is 349 g/mol. The van der Waals surface area contributed by atoms with Crippen molar-refractivity contribution in [3.8, 4) is 0 Å². The molecule has 0 aromatic carbocycles. The summed E-state index contributed by atoms with van der Waals surface area (Å²) in [5.41, 5.74) is 0.285. The Labute approximate surface area is 140 Å². The van der Waals surface area contributed by atoms with Gasteiger partial charge in [0.25, 0.3) is 6.43 Å². The van der Waals surface area contributed by atoms with E-state index in [0.29, 0.717) is 37.8 Å². The van der Waals surface area contributed by atoms with E-state index in [1.807, 2.05) is 9.80 Å². The van der Waals surface area contributed by atoms with Crippen molar-refractivity contribution >= 4 is 17.3 Å². The van der Waals surface area contributed by atoms with E-state index in [-0.39, 0.29) is 11.5 Å². The molecule has 1 fully saturated rings. The predicted octanol–water partition coefficient (Wildman–Crippen LogP) is 1.92. The topological polar surface area (TPSA) is 62.5 Å². The summed E-state index contributed by atoms with van der Waals surface area (Å²) >= 11 is 0. The Morgan fingerprint density at radius 3 is 2.20 bits per heavy atom. The fourth-order valence-corrected chi connectivity index (χ4v) is 2.82. The molecule has 0 amide bonds. The number of alkyl halides is 2. The number of anilines is 2. The second-order valence-corrected chi connectivity index (χ2v) is 5.63. The molecule has 0 atom stereocenters. The average molecular weight is 349 g/mol. The van der Waals surface area contributed by atoms with Crippen LogP contribution in [0.1, 0.15) is 12.2 Å². The third kappa shape index (κ3) is 2.94. The molecule has 7 nitrogen and oxygen atoms in total. The Morgan fingerprint density at radius 1 is 0.880 bits per heavy atom. The summed E-state index contributed by atoms with van der Waals surface area (Å²) in [6.07, 6.45) is -1.55. The van der Waals surface area contributed by atoms with Crippen LogP contribution in [0.5, 0.6) is 0 Å². The molecule has 4 heterocycles. The maximum absolute atomic E-state index is 13.0. The van der Waals surface area contributed by atoms with Crippen molar-refractivity contribution in [1.29, 1.82) is 0 Å². The van der Waals surface area contributed by atoms with Gasteiger partial charge in [-0.1, -0.05) is 0 Å². The van der Waals surface area contributed by atoms with Crippen LogP contribution in [0.15, 0.2) is 30.5 Å². The van der Waals surface area contributed by atoms with Crippen LogP contribution in [-0.4, -0.2) is 51.0 Å². The number of hydrogen-bond donors (Lipinski definition) is 0. The van der Waals surface area contributed by atoms with Gasteiger partial charge in [0, 0.05) is 26.2 Å². The Bertz CT molecular complexity index is 872. The molecule has 0 saturated carbocycles. The molecule has 0 radical (unpaired) electrons. The van der Waals surface area contributed by atoms with Crippen LogP contribution in [-0.2, 0) is 0 Å². The van der Waals surface area contributed by atoms with Crippen molar-refractivity contribution in [2.24, 2.45) is 0 Å². The van der Waals surface area contributed by atoms with E-state index in [9.17, 15) is 13.2 Å². The number of halogens is 3. The number of nitrogens with zero attached hydrogens (tertiary/aromatic N) is 7. The first-order valence-corrected chi connectivity index (χ1v) is 7.74. The minimum atomic E-state index is -2.74. The van der Waals surface area contributed by atoms with E-state index in [1.165, 1.54) is 12.3 Å². The van der Waals surface area contributed by atoms with Gasteiger partial charge in [0.2, 0.25) is 5.82 Å². The zero-order chi connectivity index (χ0) is 17.4. The Kier molecular flexibility index (Phi) is 3.86. The minimum Gasteiger partial charge on any atom is -0.353 e. The molecule has 0 aliphatic carbocycles. The number of hydrogen-bond acceptors (Lipinski definition) is 6. The van der Waals surface area contributed by atoms with Crippen LogP contribution in [0.3, 0.4) is 0 Å². The molecule has 0 bridgehead atoms. The largest absolute Gasteiger partial charge is 0.353 e. The second kappa shape index (κ2) is 6.19. The van der Waals surface area contributed by atoms with Crippen molar-refractivity contribution in [1.82, 2.24) is 24.8 Å². The normalized spacial score (nSPS) is 15.4. The lowest BCUT2D eigenvalue weighted by atomic mass is 10.3. The summed E-state index contributed by atoms with van der Waals surface area (Å²) in [7, 11) is 0. The fraction of sp³-hybridized carbons (Fsp3) is 0.333. The molecular weight excluding hydrogens is 335 g/mol. The second-order valence-electron chi connectivity index (χ2n) is 5.63. The Morgan fingerprint density at radius 2 is 1.56 bits per heavy atom. The zero-order valence-corrected chi connectivity index (χ0v) is 13.1. The van der Waals surface area contributed by atoms with E-state index < -0.39 is 12.2 Å². The molecule has 1 aliphatic rings. The molecule has 3 aromatic rings. The molecule has 0 N–H and O–H groups in total. The first kappa shape index (κ1) is 15.6. The van der Waals surface area contributed by atoms with Gasteiger partial charge in [-0.05, 0) is 24.3 Å². The highest BCUT2D eigenvalue weighted by Gasteiger charge is 2.21. The molecule has 3 aromatic heterocycles. The van der Waals surface area contributed by atoms with Crippen LogP contribution in [0.4, 0.5) is 24.8 Å². The van der Waals surface area contributed by atoms with Crippen molar-refractivity contribution < 1.29 is 13.2 Å². The lowest BCUT2D eigenvalue weighted by Crippen LogP contribution is -2.47. The van der Waals surface area contributed by atoms with Crippen molar-refractivity contribution in [3.63, 3.8) is 0 Å². The number of aromatic nitrogens is 5. The minimum absolute atomic E-state index is 0.285. The average Bonchev–Trinajstić information content (AvgIpc) is 3.06. The van der Waals surface area contributed by atoms with Gasteiger partial charge in [-0.2, -0.15) is 4.52 Å². The summed E-state index contributed by atoms with van der Waals surface area (Å²) in [6.45, 7) is 2.62. The molecule has 1 aliphatic heterocycles. The number of pyridine rings is 1. The highest BCUT2D eigenvalue weighted by Crippen LogP contribution is 2.21. The van der Waals surface area contributed by atoms with Crippen LogP contribution in [0.25, 0.3) is 5.65 Å². The lowest BCUT2D eigenvalue weighted by molar-refractivity contribution is 0.137. The van der Waals surface area contributed by atoms with Gasteiger partial charge in [-0.3, -0.25) is 0 Å². The lowest BCUT2D eigenvalue weighted by Gasteiger charge is -2.35. The van der Waals surface area contributed by atoms with Crippen LogP contribution >= 0.6 is 0 Å². The molecule has 0 unspecified atom stereocenters. The summed E-state index contributed by atoms with van der Waals surface area (Å²) in [6, 6.07) is 6.38. The number of piperazine rings is 1. The molecule has 0 spiro atoms. The van der Waals surface area contributed by atoms with Gasteiger partial charge in [0.05, 0.1) is 6.20 Å². The number of rotatable bonds is 3. The van der Waals surface area contributed by atoms with Crippen LogP contribution in [0, 0.1) is 5.82 Å². The highest BCUT2D eigenvalue weighted by atomic mass is 19.3. The SMILES string of the molecule is Fc1ccc(N2CCN(c3ccc4nnc(C(F)F)n4n3)CC2)nc1. The quantitative estimate of drug-likeness (QED) is 0.720. The summed E-state index contributed by atoms with van der Waals surface area (Å²) in [4.78, 5) is 8.11. The van der Waals surface area contributed by atoms with Gasteiger partial charge < -0.3 is 9.80 Å². The molecule has 10 heteroatoms. The van der Waals surface area contributed by atoms with Gasteiger partial charge in [-0.25, -0.2) is 18.2 Å². The van der Waals surface area contributed by atoms with E-state index in [4.69, 9.17) is 0 Å². The van der Waals surface area contributed by atoms with E-state index in [2.05, 4.69) is 20.3 Å². The maximum Gasteiger partial charge on any atom is 0.299 e. The van der Waals surface area contributed by atoms with Crippen LogP contribution in [0.2, 0.25) is 0 Å². The van der Waals surface area contributed by atoms with Crippen LogP contribution < -0.4 is 9.80 Å². The summed E-state index contributed by atoms with van der Waals surface area (Å²) in [5.74, 6) is 0.457. The van der Waals surface area contributed by atoms with Crippen molar-refractivity contribution in [2.75, 3.05) is 36.0 Å². The Hall–Kier alpha value is -2.91. The third-order valence-corrected chi connectivity index (χ3v) is 4.11. The number of fused-ring (bicyclic) bond motifs is 1. The maximum atomic E-state index is 13.0. The van der Waals surface area contributed by atoms with Gasteiger partial charge >= 0.3 is 0 Å². The molecular formula is C15H14F3N7. The summed E-state index contributed by atoms with van der Waals surface area (Å²) in [5, 5.41) is 11.4. The van der Waals surface area contributed by atoms with Gasteiger partial charge in [0.1, 0.15) is 17.5 Å². The zero-order valence-electron chi connectivity index (χ0n) is 13.1. The van der Waals surface area contributed by atoms with Gasteiger partial charge in [0.15, 0.2) is 5.65 Å². The highest BCUT2D eigenvalue weighted by molar-refractivity contribution is 5.48. The smallest absolute Gasteiger partial charge is 0.299 e. The van der Waals surface area contributed by atoms with E-state index in [0.717, 1.165) is 4.52 Å². The fourth-order valence-electron chi connectivity index (χ4n) is 2.82. The van der Waals surface area contributed by atoms with Gasteiger partial charge in [-0.15, -0.1) is 15.3 Å². The standard InChI is InChI=1S/C15H14F3N7/c16-10-1-2-11(19-9-10)23-5-7-24(8-6-23)13-4-3-12-20-21-15(14(17)18)25(12)22-13/h1-4,9,14H,5-8H2. The van der Waals surface area contributed by atoms with Crippen molar-refractivity contribution in [2.45, 2.75) is 6.43 Å². The summed E-state index contributed by atoms with van der Waals surface area (Å²) < 4.78 is 40.0. The molecule has 130 valence electrons. The first-order chi connectivity index (χ1) is 12.1. The van der Waals surface area contributed by atoms with Crippen molar-refractivity contribution in [3.05, 3.63) is 42.1 Å². The molecule has 4 rings (SSSR count). The predicted molar refractivity (Wildman–Crippen MR) is 84.4 cm³/mol. The first-order valence-electron chi connectivity index (χ1n) is 7.74.